The minimum absolute atomic E-state index is 0.0412. The number of hydrogen-bond donors (Lipinski definition) is 0. The molecule has 0 fully saturated rings. The molecule has 0 unspecified atom stereocenters. The van der Waals surface area contributed by atoms with Gasteiger partial charge in [-0.3, -0.25) is 18.7 Å². The second-order valence-corrected chi connectivity index (χ2v) is 8.61. The number of carbonyl (C=O) groups is 2. The molecule has 0 aliphatic heterocycles. The van der Waals surface area contributed by atoms with Crippen LogP contribution in [0, 0.1) is 0 Å². The third kappa shape index (κ3) is 4.85. The van der Waals surface area contributed by atoms with E-state index in [1.54, 1.807) is 31.3 Å². The predicted molar refractivity (Wildman–Crippen MR) is 127 cm³/mol. The van der Waals surface area contributed by atoms with Crippen molar-refractivity contribution in [1.29, 1.82) is 0 Å². The van der Waals surface area contributed by atoms with Gasteiger partial charge in [0.05, 0.1) is 5.39 Å². The van der Waals surface area contributed by atoms with E-state index in [1.807, 2.05) is 36.4 Å². The molecule has 2 heterocycles. The second-order valence-electron chi connectivity index (χ2n) is 7.58. The highest BCUT2D eigenvalue weighted by Crippen LogP contribution is 2.23. The highest BCUT2D eigenvalue weighted by atomic mass is 32.1. The van der Waals surface area contributed by atoms with Gasteiger partial charge in [0.2, 0.25) is 0 Å². The van der Waals surface area contributed by atoms with Crippen LogP contribution in [0.2, 0.25) is 0 Å². The zero-order chi connectivity index (χ0) is 23.4. The van der Waals surface area contributed by atoms with Crippen molar-refractivity contribution in [3.8, 4) is 0 Å². The van der Waals surface area contributed by atoms with Crippen LogP contribution in [0.15, 0.2) is 76.3 Å². The highest BCUT2D eigenvalue weighted by Gasteiger charge is 2.19. The van der Waals surface area contributed by atoms with E-state index in [0.717, 1.165) is 21.5 Å². The van der Waals surface area contributed by atoms with Gasteiger partial charge in [-0.2, -0.15) is 0 Å². The molecule has 0 bridgehead atoms. The van der Waals surface area contributed by atoms with E-state index in [0.29, 0.717) is 16.8 Å². The number of ether oxygens (including phenoxy) is 1. The zero-order valence-corrected chi connectivity index (χ0v) is 18.8. The molecule has 0 aliphatic carbocycles. The predicted octanol–water partition coefficient (Wildman–Crippen LogP) is 3.78. The van der Waals surface area contributed by atoms with Crippen LogP contribution in [0.25, 0.3) is 10.2 Å². The van der Waals surface area contributed by atoms with E-state index in [4.69, 9.17) is 4.74 Å². The van der Waals surface area contributed by atoms with Crippen molar-refractivity contribution in [1.82, 2.24) is 9.13 Å². The molecule has 0 spiro atoms. The molecule has 7 nitrogen and oxygen atoms in total. The maximum atomic E-state index is 13.0. The topological polar surface area (TPSA) is 87.4 Å². The molecule has 0 saturated heterocycles. The summed E-state index contributed by atoms with van der Waals surface area (Å²) in [6.45, 7) is 0.232. The first-order chi connectivity index (χ1) is 16.0. The van der Waals surface area contributed by atoms with Crippen molar-refractivity contribution in [2.75, 3.05) is 0 Å². The Morgan fingerprint density at radius 2 is 1.64 bits per heavy atom. The molecule has 2 aromatic carbocycles. The molecule has 0 aliphatic rings. The molecule has 4 aromatic rings. The van der Waals surface area contributed by atoms with Crippen molar-refractivity contribution in [2.45, 2.75) is 26.0 Å². The summed E-state index contributed by atoms with van der Waals surface area (Å²) >= 11 is 1.05. The van der Waals surface area contributed by atoms with Crippen LogP contribution in [0.1, 0.15) is 38.4 Å². The number of esters is 1. The fourth-order valence-corrected chi connectivity index (χ4v) is 4.54. The van der Waals surface area contributed by atoms with Gasteiger partial charge >= 0.3 is 11.7 Å². The lowest BCUT2D eigenvalue weighted by molar-refractivity contribution is 0.0478. The maximum Gasteiger partial charge on any atom is 0.348 e. The number of nitrogens with zero attached hydrogens (tertiary/aromatic N) is 2. The summed E-state index contributed by atoms with van der Waals surface area (Å²) in [6.07, 6.45) is 0.572. The van der Waals surface area contributed by atoms with Crippen LogP contribution in [-0.4, -0.2) is 20.9 Å². The van der Waals surface area contributed by atoms with Gasteiger partial charge in [0.15, 0.2) is 5.78 Å². The van der Waals surface area contributed by atoms with Gasteiger partial charge in [-0.05, 0) is 18.1 Å². The molecule has 0 atom stereocenters. The lowest BCUT2D eigenvalue weighted by Crippen LogP contribution is -2.38. The lowest BCUT2D eigenvalue weighted by atomic mass is 10.1. The van der Waals surface area contributed by atoms with Gasteiger partial charge < -0.3 is 4.74 Å². The van der Waals surface area contributed by atoms with Crippen LogP contribution in [-0.2, 0) is 24.9 Å². The second kappa shape index (κ2) is 9.79. The van der Waals surface area contributed by atoms with Crippen molar-refractivity contribution in [3.05, 3.63) is 104 Å². The summed E-state index contributed by atoms with van der Waals surface area (Å²) in [5.74, 6) is -0.590. The van der Waals surface area contributed by atoms with Crippen LogP contribution in [0.4, 0.5) is 0 Å². The third-order valence-electron chi connectivity index (χ3n) is 5.31. The lowest BCUT2D eigenvalue weighted by Gasteiger charge is -2.08. The molecule has 0 radical (unpaired) electrons. The number of aryl methyl sites for hydroxylation is 1. The molecule has 8 heteroatoms. The van der Waals surface area contributed by atoms with Crippen molar-refractivity contribution in [2.24, 2.45) is 7.05 Å². The van der Waals surface area contributed by atoms with Crippen molar-refractivity contribution in [3.63, 3.8) is 0 Å². The monoisotopic (exact) mass is 462 g/mol. The van der Waals surface area contributed by atoms with Crippen LogP contribution >= 0.6 is 11.3 Å². The molecule has 168 valence electrons. The van der Waals surface area contributed by atoms with E-state index in [2.05, 4.69) is 0 Å². The third-order valence-corrected chi connectivity index (χ3v) is 6.50. The van der Waals surface area contributed by atoms with Gasteiger partial charge in [-0.25, -0.2) is 9.59 Å². The normalized spacial score (nSPS) is 10.9. The SMILES string of the molecule is Cn1c(=O)n(CCCC(=O)c2ccccc2)c(=O)c2cc(C(=O)OCc3ccccc3)sc21. The van der Waals surface area contributed by atoms with Gasteiger partial charge in [-0.15, -0.1) is 11.3 Å². The molecule has 0 amide bonds. The van der Waals surface area contributed by atoms with Gasteiger partial charge in [0, 0.05) is 25.6 Å². The van der Waals surface area contributed by atoms with Crippen LogP contribution in [0.5, 0.6) is 0 Å². The first-order valence-corrected chi connectivity index (χ1v) is 11.3. The van der Waals surface area contributed by atoms with Crippen LogP contribution < -0.4 is 11.2 Å². The average molecular weight is 463 g/mol. The fourth-order valence-electron chi connectivity index (χ4n) is 3.54. The summed E-state index contributed by atoms with van der Waals surface area (Å²) < 4.78 is 7.83. The smallest absolute Gasteiger partial charge is 0.348 e. The Labute approximate surface area is 193 Å². The summed E-state index contributed by atoms with van der Waals surface area (Å²) in [6, 6.07) is 19.7. The molecule has 0 N–H and O–H groups in total. The van der Waals surface area contributed by atoms with E-state index in [9.17, 15) is 19.2 Å². The highest BCUT2D eigenvalue weighted by molar-refractivity contribution is 7.20. The Bertz CT molecular complexity index is 1420. The zero-order valence-electron chi connectivity index (χ0n) is 18.0. The first kappa shape index (κ1) is 22.4. The number of Topliss-reactive ketones (excluding diaryl/α,β-unsaturated/α-hetero) is 1. The summed E-state index contributed by atoms with van der Waals surface area (Å²) in [7, 11) is 1.56. The Hall–Kier alpha value is -3.78. The van der Waals surface area contributed by atoms with Crippen LogP contribution in [0.3, 0.4) is 0 Å². The number of thiophene rings is 1. The van der Waals surface area contributed by atoms with E-state index in [1.165, 1.54) is 10.6 Å². The number of benzene rings is 2. The maximum absolute atomic E-state index is 13.0. The fraction of sp³-hybridized carbons (Fsp3) is 0.200. The Kier molecular flexibility index (Phi) is 6.65. The number of carbonyl (C=O) groups excluding carboxylic acids is 2. The number of aromatic nitrogens is 2. The molecule has 2 aromatic heterocycles. The molecular formula is C25H22N2O5S. The quantitative estimate of drug-likeness (QED) is 0.294. The number of rotatable bonds is 8. The van der Waals surface area contributed by atoms with Crippen molar-refractivity contribution >= 4 is 33.3 Å². The summed E-state index contributed by atoms with van der Waals surface area (Å²) in [5, 5.41) is 0.281. The molecule has 4 rings (SSSR count). The van der Waals surface area contributed by atoms with E-state index < -0.39 is 17.2 Å². The van der Waals surface area contributed by atoms with Gasteiger partial charge in [0.25, 0.3) is 5.56 Å². The minimum atomic E-state index is -0.549. The van der Waals surface area contributed by atoms with Crippen molar-refractivity contribution < 1.29 is 14.3 Å². The Morgan fingerprint density at radius 1 is 0.970 bits per heavy atom. The minimum Gasteiger partial charge on any atom is -0.457 e. The first-order valence-electron chi connectivity index (χ1n) is 10.5. The van der Waals surface area contributed by atoms with E-state index in [-0.39, 0.29) is 35.6 Å². The van der Waals surface area contributed by atoms with E-state index >= 15 is 0 Å². The number of hydrogen-bond acceptors (Lipinski definition) is 6. The molecule has 0 saturated carbocycles. The van der Waals surface area contributed by atoms with Gasteiger partial charge in [-0.1, -0.05) is 60.7 Å². The summed E-state index contributed by atoms with van der Waals surface area (Å²) in [5.41, 5.74) is 0.501. The Morgan fingerprint density at radius 3 is 2.33 bits per heavy atom. The number of fused-ring (bicyclic) bond motifs is 1. The Balaban J connectivity index is 1.51. The molecule has 33 heavy (non-hydrogen) atoms. The largest absolute Gasteiger partial charge is 0.457 e. The summed E-state index contributed by atoms with van der Waals surface area (Å²) in [4.78, 5) is 51.2. The average Bonchev–Trinajstić information content (AvgIpc) is 3.30. The molecular weight excluding hydrogens is 440 g/mol. The standard InChI is InChI=1S/C25H22N2O5S/c1-26-23-19(15-21(33-23)24(30)32-16-17-9-4-2-5-10-17)22(29)27(25(26)31)14-8-13-20(28)18-11-6-3-7-12-18/h2-7,9-12,15H,8,13-14,16H2,1H3. The number of ketones is 1. The van der Waals surface area contributed by atoms with Gasteiger partial charge in [0.1, 0.15) is 16.3 Å².